The molecule has 0 spiro atoms. The van der Waals surface area contributed by atoms with E-state index in [2.05, 4.69) is 18.4 Å². The SMILES string of the molecule is C=C(/C=C\C(=C/C(C)CC)c1ccc(N)c(F)c1C#CCCC)C(F)F. The quantitative estimate of drug-likeness (QED) is 0.341. The van der Waals surface area contributed by atoms with Gasteiger partial charge >= 0.3 is 0 Å². The zero-order valence-electron chi connectivity index (χ0n) is 15.6. The predicted molar refractivity (Wildman–Crippen MR) is 104 cm³/mol. The summed E-state index contributed by atoms with van der Waals surface area (Å²) in [6.45, 7) is 9.36. The van der Waals surface area contributed by atoms with E-state index < -0.39 is 12.2 Å². The lowest BCUT2D eigenvalue weighted by molar-refractivity contribution is 0.194. The summed E-state index contributed by atoms with van der Waals surface area (Å²) >= 11 is 0. The van der Waals surface area contributed by atoms with Gasteiger partial charge in [-0.2, -0.15) is 0 Å². The van der Waals surface area contributed by atoms with Crippen molar-refractivity contribution in [2.45, 2.75) is 46.5 Å². The molecule has 1 rings (SSSR count). The highest BCUT2D eigenvalue weighted by molar-refractivity contribution is 5.80. The number of alkyl halides is 2. The van der Waals surface area contributed by atoms with Crippen molar-refractivity contribution in [1.29, 1.82) is 0 Å². The first-order chi connectivity index (χ1) is 12.3. The van der Waals surface area contributed by atoms with Gasteiger partial charge in [-0.3, -0.25) is 0 Å². The third-order valence-corrected chi connectivity index (χ3v) is 3.94. The number of benzene rings is 1. The average molecular weight is 361 g/mol. The molecule has 140 valence electrons. The van der Waals surface area contributed by atoms with Crippen molar-refractivity contribution in [3.63, 3.8) is 0 Å². The third-order valence-electron chi connectivity index (χ3n) is 3.94. The number of unbranched alkanes of at least 4 members (excludes halogenated alkanes) is 1. The topological polar surface area (TPSA) is 26.0 Å². The molecule has 1 aromatic carbocycles. The van der Waals surface area contributed by atoms with Crippen LogP contribution in [0, 0.1) is 23.6 Å². The van der Waals surface area contributed by atoms with Gasteiger partial charge in [-0.1, -0.05) is 69.9 Å². The summed E-state index contributed by atoms with van der Waals surface area (Å²) < 4.78 is 40.1. The fourth-order valence-corrected chi connectivity index (χ4v) is 2.16. The Kier molecular flexibility index (Phi) is 8.78. The van der Waals surface area contributed by atoms with Crippen LogP contribution in [-0.4, -0.2) is 6.43 Å². The molecular formula is C22H26F3N. The maximum atomic E-state index is 14.6. The Labute approximate surface area is 154 Å². The number of hydrogen-bond acceptors (Lipinski definition) is 1. The van der Waals surface area contributed by atoms with Gasteiger partial charge in [-0.05, 0) is 24.0 Å². The third kappa shape index (κ3) is 6.15. The summed E-state index contributed by atoms with van der Waals surface area (Å²) in [6, 6.07) is 3.15. The standard InChI is InChI=1S/C22H26F3N/c1-5-7-8-9-19-18(12-13-20(26)21(19)23)17(14-15(3)6-2)11-10-16(4)22(24)25/h10-15,22H,4-7,26H2,1-3H3/b11-10-,17-14+. The molecule has 26 heavy (non-hydrogen) atoms. The van der Waals surface area contributed by atoms with Gasteiger partial charge in [0.05, 0.1) is 11.3 Å². The highest BCUT2D eigenvalue weighted by atomic mass is 19.3. The van der Waals surface area contributed by atoms with E-state index in [4.69, 9.17) is 5.73 Å². The minimum atomic E-state index is -2.64. The Balaban J connectivity index is 3.51. The summed E-state index contributed by atoms with van der Waals surface area (Å²) in [5.74, 6) is 5.39. The lowest BCUT2D eigenvalue weighted by atomic mass is 9.94. The summed E-state index contributed by atoms with van der Waals surface area (Å²) in [6.07, 6.45) is 4.44. The number of allylic oxidation sites excluding steroid dienone is 5. The predicted octanol–water partition coefficient (Wildman–Crippen LogP) is 6.37. The second kappa shape index (κ2) is 10.6. The lowest BCUT2D eigenvalue weighted by Gasteiger charge is -2.12. The van der Waals surface area contributed by atoms with Crippen LogP contribution in [0.1, 0.15) is 51.2 Å². The van der Waals surface area contributed by atoms with Gasteiger partial charge in [0.1, 0.15) is 0 Å². The van der Waals surface area contributed by atoms with E-state index in [-0.39, 0.29) is 22.7 Å². The molecule has 0 amide bonds. The number of nitrogens with two attached hydrogens (primary N) is 1. The van der Waals surface area contributed by atoms with Crippen molar-refractivity contribution in [3.05, 3.63) is 59.5 Å². The van der Waals surface area contributed by atoms with Crippen LogP contribution < -0.4 is 5.73 Å². The molecule has 0 aromatic heterocycles. The first-order valence-electron chi connectivity index (χ1n) is 8.75. The van der Waals surface area contributed by atoms with Crippen LogP contribution in [0.5, 0.6) is 0 Å². The number of rotatable bonds is 7. The van der Waals surface area contributed by atoms with Crippen molar-refractivity contribution in [3.8, 4) is 11.8 Å². The van der Waals surface area contributed by atoms with Crippen molar-refractivity contribution < 1.29 is 13.2 Å². The van der Waals surface area contributed by atoms with Gasteiger partial charge in [-0.15, -0.1) is 0 Å². The summed E-state index contributed by atoms with van der Waals surface area (Å²) in [4.78, 5) is 0. The van der Waals surface area contributed by atoms with E-state index in [1.807, 2.05) is 26.8 Å². The molecule has 0 saturated carbocycles. The van der Waals surface area contributed by atoms with Gasteiger partial charge in [0.25, 0.3) is 6.43 Å². The first-order valence-corrected chi connectivity index (χ1v) is 8.75. The lowest BCUT2D eigenvalue weighted by Crippen LogP contribution is -2.00. The second-order valence-electron chi connectivity index (χ2n) is 6.16. The Morgan fingerprint density at radius 3 is 2.54 bits per heavy atom. The number of halogens is 3. The molecule has 0 aliphatic rings. The van der Waals surface area contributed by atoms with Crippen molar-refractivity contribution in [2.24, 2.45) is 5.92 Å². The summed E-state index contributed by atoms with van der Waals surface area (Å²) in [5.41, 5.74) is 6.77. The van der Waals surface area contributed by atoms with Gasteiger partial charge in [0.2, 0.25) is 0 Å². The van der Waals surface area contributed by atoms with Gasteiger partial charge < -0.3 is 5.73 Å². The van der Waals surface area contributed by atoms with Gasteiger partial charge in [0.15, 0.2) is 5.82 Å². The molecule has 0 fully saturated rings. The molecular weight excluding hydrogens is 335 g/mol. The van der Waals surface area contributed by atoms with Crippen LogP contribution in [0.2, 0.25) is 0 Å². The normalized spacial score (nSPS) is 13.0. The van der Waals surface area contributed by atoms with Crippen LogP contribution in [-0.2, 0) is 0 Å². The monoisotopic (exact) mass is 361 g/mol. The highest BCUT2D eigenvalue weighted by Gasteiger charge is 2.14. The minimum Gasteiger partial charge on any atom is -0.396 e. The summed E-state index contributed by atoms with van der Waals surface area (Å²) in [7, 11) is 0. The molecule has 0 saturated heterocycles. The van der Waals surface area contributed by atoms with E-state index in [9.17, 15) is 13.2 Å². The fraction of sp³-hybridized carbons (Fsp3) is 0.364. The Bertz CT molecular complexity index is 749. The number of nitrogen functional groups attached to an aromatic ring is 1. The van der Waals surface area contributed by atoms with Crippen LogP contribution >= 0.6 is 0 Å². The molecule has 2 N–H and O–H groups in total. The largest absolute Gasteiger partial charge is 0.396 e. The molecule has 1 atom stereocenters. The molecule has 0 bridgehead atoms. The molecule has 0 aliphatic heterocycles. The molecule has 1 aromatic rings. The average Bonchev–Trinajstić information content (AvgIpc) is 2.61. The maximum absolute atomic E-state index is 14.6. The van der Waals surface area contributed by atoms with E-state index in [1.165, 1.54) is 18.2 Å². The van der Waals surface area contributed by atoms with Crippen LogP contribution in [0.15, 0.2) is 42.5 Å². The van der Waals surface area contributed by atoms with Gasteiger partial charge in [0, 0.05) is 17.6 Å². The van der Waals surface area contributed by atoms with Crippen molar-refractivity contribution >= 4 is 11.3 Å². The second-order valence-corrected chi connectivity index (χ2v) is 6.16. The van der Waals surface area contributed by atoms with E-state index in [0.717, 1.165) is 12.8 Å². The molecule has 0 heterocycles. The highest BCUT2D eigenvalue weighted by Crippen LogP contribution is 2.28. The number of hydrogen-bond donors (Lipinski definition) is 1. The maximum Gasteiger partial charge on any atom is 0.263 e. The fourth-order valence-electron chi connectivity index (χ4n) is 2.16. The van der Waals surface area contributed by atoms with Crippen LogP contribution in [0.4, 0.5) is 18.9 Å². The molecule has 0 aliphatic carbocycles. The molecule has 1 nitrogen and oxygen atoms in total. The first kappa shape index (κ1) is 21.6. The van der Waals surface area contributed by atoms with Gasteiger partial charge in [-0.25, -0.2) is 13.2 Å². The van der Waals surface area contributed by atoms with Crippen LogP contribution in [0.25, 0.3) is 5.57 Å². The minimum absolute atomic E-state index is 0.0124. The van der Waals surface area contributed by atoms with E-state index >= 15 is 0 Å². The van der Waals surface area contributed by atoms with E-state index in [0.29, 0.717) is 17.6 Å². The molecule has 1 unspecified atom stereocenters. The smallest absolute Gasteiger partial charge is 0.263 e. The van der Waals surface area contributed by atoms with E-state index in [1.54, 1.807) is 6.07 Å². The Hall–Kier alpha value is -2.41. The van der Waals surface area contributed by atoms with Crippen molar-refractivity contribution in [1.82, 2.24) is 0 Å². The Morgan fingerprint density at radius 2 is 1.96 bits per heavy atom. The molecule has 4 heteroatoms. The molecule has 0 radical (unpaired) electrons. The Morgan fingerprint density at radius 1 is 1.27 bits per heavy atom. The summed E-state index contributed by atoms with van der Waals surface area (Å²) in [5, 5.41) is 0. The van der Waals surface area contributed by atoms with Crippen LogP contribution in [0.3, 0.4) is 0 Å². The van der Waals surface area contributed by atoms with Crippen molar-refractivity contribution in [2.75, 3.05) is 5.73 Å². The number of anilines is 1. The zero-order valence-corrected chi connectivity index (χ0v) is 15.6. The zero-order chi connectivity index (χ0) is 19.7.